The van der Waals surface area contributed by atoms with Crippen LogP contribution in [0, 0.1) is 0 Å². The van der Waals surface area contributed by atoms with Crippen LogP contribution in [-0.2, 0) is 16.0 Å². The van der Waals surface area contributed by atoms with Gasteiger partial charge in [0.05, 0.1) is 13.2 Å². The molecule has 5 heteroatoms. The maximum absolute atomic E-state index is 11.8. The normalized spacial score (nSPS) is 17.2. The zero-order valence-corrected chi connectivity index (χ0v) is 19.1. The number of fused-ring (bicyclic) bond motifs is 1. The molecule has 4 N–H and O–H groups in total. The first-order valence-corrected chi connectivity index (χ1v) is 11.7. The maximum atomic E-state index is 11.8. The standard InChI is InChI=1S/C27H36N2O3/c1-27(29,20-28)26(30)32-17-9-3-8-16-31-25-15-14-24-18-22(21-10-4-2-5-11-21)12-6-7-13-23(24)19-25/h2,4-5,10-11,14-15,18-19H,3,6-9,12-13,16-17,20,28-29H2,1H3/b22-18+. The maximum Gasteiger partial charge on any atom is 0.327 e. The Morgan fingerprint density at radius 1 is 1.00 bits per heavy atom. The third kappa shape index (κ3) is 6.94. The average molecular weight is 437 g/mol. The lowest BCUT2D eigenvalue weighted by Crippen LogP contribution is -2.52. The molecule has 2 aromatic rings. The van der Waals surface area contributed by atoms with Crippen LogP contribution in [0.4, 0.5) is 0 Å². The number of carbonyl (C=O) groups excluding carboxylic acids is 1. The highest BCUT2D eigenvalue weighted by Crippen LogP contribution is 2.30. The van der Waals surface area contributed by atoms with Crippen molar-refractivity contribution in [1.82, 2.24) is 0 Å². The number of hydrogen-bond acceptors (Lipinski definition) is 5. The zero-order chi connectivity index (χ0) is 22.8. The highest BCUT2D eigenvalue weighted by Gasteiger charge is 2.27. The van der Waals surface area contributed by atoms with Crippen LogP contribution in [0.1, 0.15) is 62.1 Å². The minimum absolute atomic E-state index is 0.0732. The second kappa shape index (κ2) is 11.8. The van der Waals surface area contributed by atoms with Gasteiger partial charge in [0.25, 0.3) is 0 Å². The van der Waals surface area contributed by atoms with Gasteiger partial charge in [-0.3, -0.25) is 4.79 Å². The van der Waals surface area contributed by atoms with Crippen LogP contribution in [-0.4, -0.2) is 31.3 Å². The SMILES string of the molecule is CC(N)(CN)C(=O)OCCCCCOc1ccc2c(c1)CCCC/C(c1ccccc1)=C\2. The molecule has 1 atom stereocenters. The summed E-state index contributed by atoms with van der Waals surface area (Å²) < 4.78 is 11.2. The Balaban J connectivity index is 1.47. The van der Waals surface area contributed by atoms with Crippen LogP contribution in [0.3, 0.4) is 0 Å². The van der Waals surface area contributed by atoms with Gasteiger partial charge in [-0.05, 0) is 86.3 Å². The minimum atomic E-state index is -1.11. The van der Waals surface area contributed by atoms with Crippen molar-refractivity contribution < 1.29 is 14.3 Å². The molecule has 0 amide bonds. The largest absolute Gasteiger partial charge is 0.494 e. The molecule has 0 aromatic heterocycles. The second-order valence-corrected chi connectivity index (χ2v) is 8.77. The van der Waals surface area contributed by atoms with Crippen molar-refractivity contribution in [3.05, 3.63) is 65.2 Å². The number of esters is 1. The molecule has 2 aromatic carbocycles. The summed E-state index contributed by atoms with van der Waals surface area (Å²) in [6, 6.07) is 17.1. The Hall–Kier alpha value is -2.63. The molecule has 0 bridgehead atoms. The molecule has 0 saturated heterocycles. The van der Waals surface area contributed by atoms with E-state index < -0.39 is 11.5 Å². The first kappa shape index (κ1) is 24.0. The molecular formula is C27H36N2O3. The minimum Gasteiger partial charge on any atom is -0.494 e. The molecule has 0 aliphatic heterocycles. The monoisotopic (exact) mass is 436 g/mol. The van der Waals surface area contributed by atoms with E-state index >= 15 is 0 Å². The number of aryl methyl sites for hydroxylation is 1. The Morgan fingerprint density at radius 2 is 1.75 bits per heavy atom. The van der Waals surface area contributed by atoms with Gasteiger partial charge >= 0.3 is 5.97 Å². The van der Waals surface area contributed by atoms with E-state index in [1.807, 2.05) is 0 Å². The van der Waals surface area contributed by atoms with Crippen molar-refractivity contribution in [2.45, 2.75) is 57.4 Å². The smallest absolute Gasteiger partial charge is 0.327 e. The summed E-state index contributed by atoms with van der Waals surface area (Å²) in [6.45, 7) is 2.67. The summed E-state index contributed by atoms with van der Waals surface area (Å²) in [5.41, 5.74) is 15.5. The van der Waals surface area contributed by atoms with Crippen molar-refractivity contribution >= 4 is 17.6 Å². The number of benzene rings is 2. The Labute approximate surface area is 191 Å². The van der Waals surface area contributed by atoms with Crippen molar-refractivity contribution in [2.24, 2.45) is 11.5 Å². The second-order valence-electron chi connectivity index (χ2n) is 8.77. The molecule has 32 heavy (non-hydrogen) atoms. The Kier molecular flexibility index (Phi) is 8.89. The number of ether oxygens (including phenoxy) is 2. The molecule has 0 saturated carbocycles. The highest BCUT2D eigenvalue weighted by molar-refractivity contribution is 5.82. The van der Waals surface area contributed by atoms with Crippen molar-refractivity contribution in [3.63, 3.8) is 0 Å². The van der Waals surface area contributed by atoms with Crippen LogP contribution in [0.15, 0.2) is 48.5 Å². The zero-order valence-electron chi connectivity index (χ0n) is 19.1. The summed E-state index contributed by atoms with van der Waals surface area (Å²) in [7, 11) is 0. The van der Waals surface area contributed by atoms with Gasteiger partial charge in [0.1, 0.15) is 11.3 Å². The van der Waals surface area contributed by atoms with E-state index in [1.54, 1.807) is 6.92 Å². The summed E-state index contributed by atoms with van der Waals surface area (Å²) >= 11 is 0. The van der Waals surface area contributed by atoms with Crippen LogP contribution in [0.2, 0.25) is 0 Å². The Morgan fingerprint density at radius 3 is 2.53 bits per heavy atom. The third-order valence-electron chi connectivity index (χ3n) is 5.91. The summed E-state index contributed by atoms with van der Waals surface area (Å²) in [4.78, 5) is 11.8. The highest BCUT2D eigenvalue weighted by atomic mass is 16.5. The number of nitrogens with two attached hydrogens (primary N) is 2. The van der Waals surface area contributed by atoms with Gasteiger partial charge in [-0.15, -0.1) is 0 Å². The average Bonchev–Trinajstić information content (AvgIpc) is 2.79. The van der Waals surface area contributed by atoms with E-state index in [9.17, 15) is 4.79 Å². The molecule has 0 spiro atoms. The molecule has 1 aliphatic rings. The van der Waals surface area contributed by atoms with Gasteiger partial charge in [0, 0.05) is 6.54 Å². The van der Waals surface area contributed by atoms with Crippen molar-refractivity contribution in [2.75, 3.05) is 19.8 Å². The van der Waals surface area contributed by atoms with Gasteiger partial charge in [-0.25, -0.2) is 0 Å². The van der Waals surface area contributed by atoms with Gasteiger partial charge in [0.2, 0.25) is 0 Å². The number of rotatable bonds is 10. The predicted molar refractivity (Wildman–Crippen MR) is 130 cm³/mol. The topological polar surface area (TPSA) is 87.6 Å². The molecule has 5 nitrogen and oxygen atoms in total. The summed E-state index contributed by atoms with van der Waals surface area (Å²) in [5, 5.41) is 0. The van der Waals surface area contributed by atoms with E-state index in [0.29, 0.717) is 13.2 Å². The van der Waals surface area contributed by atoms with E-state index in [2.05, 4.69) is 54.6 Å². The first-order valence-electron chi connectivity index (χ1n) is 11.7. The van der Waals surface area contributed by atoms with Gasteiger partial charge in [-0.1, -0.05) is 42.5 Å². The fourth-order valence-corrected chi connectivity index (χ4v) is 3.78. The number of unbranched alkanes of at least 4 members (excludes halogenated alkanes) is 2. The van der Waals surface area contributed by atoms with E-state index in [-0.39, 0.29) is 6.54 Å². The molecule has 1 aliphatic carbocycles. The number of hydrogen-bond donors (Lipinski definition) is 2. The lowest BCUT2D eigenvalue weighted by molar-refractivity contribution is -0.149. The molecule has 0 heterocycles. The molecule has 3 rings (SSSR count). The molecule has 0 radical (unpaired) electrons. The van der Waals surface area contributed by atoms with E-state index in [1.165, 1.54) is 35.1 Å². The first-order chi connectivity index (χ1) is 15.5. The van der Waals surface area contributed by atoms with Crippen LogP contribution < -0.4 is 16.2 Å². The van der Waals surface area contributed by atoms with E-state index in [0.717, 1.165) is 37.9 Å². The summed E-state index contributed by atoms with van der Waals surface area (Å²) in [6.07, 6.45) is 9.54. The molecule has 172 valence electrons. The van der Waals surface area contributed by atoms with Crippen molar-refractivity contribution in [1.29, 1.82) is 0 Å². The molecular weight excluding hydrogens is 400 g/mol. The lowest BCUT2D eigenvalue weighted by atomic mass is 9.91. The van der Waals surface area contributed by atoms with Gasteiger partial charge < -0.3 is 20.9 Å². The summed E-state index contributed by atoms with van der Waals surface area (Å²) in [5.74, 6) is 0.480. The fourth-order valence-electron chi connectivity index (χ4n) is 3.78. The lowest BCUT2D eigenvalue weighted by Gasteiger charge is -2.20. The Bertz CT molecular complexity index is 906. The quantitative estimate of drug-likeness (QED) is 0.416. The fraction of sp³-hybridized carbons (Fsp3) is 0.444. The van der Waals surface area contributed by atoms with Crippen LogP contribution in [0.5, 0.6) is 5.75 Å². The van der Waals surface area contributed by atoms with Gasteiger partial charge in [0.15, 0.2) is 0 Å². The van der Waals surface area contributed by atoms with Crippen LogP contribution >= 0.6 is 0 Å². The van der Waals surface area contributed by atoms with Gasteiger partial charge in [-0.2, -0.15) is 0 Å². The number of allylic oxidation sites excluding steroid dienone is 1. The number of carbonyl (C=O) groups is 1. The van der Waals surface area contributed by atoms with Crippen LogP contribution in [0.25, 0.3) is 11.6 Å². The third-order valence-corrected chi connectivity index (χ3v) is 5.91. The molecule has 0 fully saturated rings. The van der Waals surface area contributed by atoms with E-state index in [4.69, 9.17) is 20.9 Å². The predicted octanol–water partition coefficient (Wildman–Crippen LogP) is 4.72. The molecule has 1 unspecified atom stereocenters. The van der Waals surface area contributed by atoms with Crippen molar-refractivity contribution in [3.8, 4) is 5.75 Å².